The molecule has 2 amide bonds. The molecule has 8 nitrogen and oxygen atoms in total. The number of carbonyl (C=O) groups excluding carboxylic acids is 2. The van der Waals surface area contributed by atoms with Crippen molar-refractivity contribution >= 4 is 27.5 Å². The molecular weight excluding hydrogens is 454 g/mol. The number of carbonyl (C=O) groups is 2. The van der Waals surface area contributed by atoms with Crippen LogP contribution in [0.25, 0.3) is 0 Å². The maximum absolute atomic E-state index is 13.6. The average Bonchev–Trinajstić information content (AvgIpc) is 2.82. The predicted molar refractivity (Wildman–Crippen MR) is 134 cm³/mol. The Morgan fingerprint density at radius 3 is 2.26 bits per heavy atom. The zero-order chi connectivity index (χ0) is 25.3. The highest BCUT2D eigenvalue weighted by molar-refractivity contribution is 7.92. The van der Waals surface area contributed by atoms with E-state index in [1.807, 2.05) is 51.1 Å². The molecule has 0 fully saturated rings. The van der Waals surface area contributed by atoms with E-state index < -0.39 is 28.5 Å². The van der Waals surface area contributed by atoms with Gasteiger partial charge in [0, 0.05) is 18.7 Å². The Labute approximate surface area is 202 Å². The molecule has 0 saturated carbocycles. The summed E-state index contributed by atoms with van der Waals surface area (Å²) in [7, 11) is -2.31. The number of benzene rings is 2. The molecule has 0 bridgehead atoms. The van der Waals surface area contributed by atoms with Crippen LogP contribution in [0, 0.1) is 0 Å². The molecule has 1 N–H and O–H groups in total. The van der Waals surface area contributed by atoms with Crippen molar-refractivity contribution in [1.29, 1.82) is 0 Å². The molecular formula is C25H35N3O5S. The van der Waals surface area contributed by atoms with Gasteiger partial charge in [0.2, 0.25) is 21.8 Å². The molecule has 0 aliphatic heterocycles. The van der Waals surface area contributed by atoms with Crippen LogP contribution in [0.3, 0.4) is 0 Å². The quantitative estimate of drug-likeness (QED) is 0.494. The lowest BCUT2D eigenvalue weighted by Gasteiger charge is -2.33. The van der Waals surface area contributed by atoms with Gasteiger partial charge >= 0.3 is 0 Å². The van der Waals surface area contributed by atoms with Crippen LogP contribution in [0.2, 0.25) is 0 Å². The Morgan fingerprint density at radius 1 is 1.03 bits per heavy atom. The van der Waals surface area contributed by atoms with Gasteiger partial charge in [-0.1, -0.05) is 50.2 Å². The van der Waals surface area contributed by atoms with Gasteiger partial charge < -0.3 is 15.0 Å². The number of rotatable bonds is 12. The number of hydrogen-bond donors (Lipinski definition) is 1. The summed E-state index contributed by atoms with van der Waals surface area (Å²) in [6.45, 7) is 5.45. The molecule has 2 aromatic carbocycles. The normalized spacial score (nSPS) is 13.0. The van der Waals surface area contributed by atoms with E-state index in [0.717, 1.165) is 22.5 Å². The van der Waals surface area contributed by atoms with Crippen molar-refractivity contribution in [2.45, 2.75) is 52.2 Å². The van der Waals surface area contributed by atoms with Crippen LogP contribution in [0.5, 0.6) is 5.75 Å². The average molecular weight is 490 g/mol. The summed E-state index contributed by atoms with van der Waals surface area (Å²) < 4.78 is 31.5. The number of nitrogens with one attached hydrogen (secondary N) is 1. The van der Waals surface area contributed by atoms with E-state index in [1.54, 1.807) is 24.3 Å². The number of amides is 2. The van der Waals surface area contributed by atoms with Crippen molar-refractivity contribution in [2.24, 2.45) is 0 Å². The van der Waals surface area contributed by atoms with Crippen LogP contribution >= 0.6 is 0 Å². The third-order valence-corrected chi connectivity index (χ3v) is 6.74. The van der Waals surface area contributed by atoms with E-state index in [1.165, 1.54) is 12.0 Å². The molecule has 9 heteroatoms. The van der Waals surface area contributed by atoms with Gasteiger partial charge in [-0.05, 0) is 37.5 Å². The lowest BCUT2D eigenvalue weighted by atomic mass is 10.1. The van der Waals surface area contributed by atoms with Crippen molar-refractivity contribution in [3.8, 4) is 5.75 Å². The molecule has 0 aromatic heterocycles. The zero-order valence-corrected chi connectivity index (χ0v) is 21.3. The smallest absolute Gasteiger partial charge is 0.244 e. The molecule has 0 aliphatic carbocycles. The maximum atomic E-state index is 13.6. The fourth-order valence-electron chi connectivity index (χ4n) is 3.52. The number of ether oxygens (including phenoxy) is 1. The van der Waals surface area contributed by atoms with Gasteiger partial charge in [0.05, 0.1) is 19.1 Å². The van der Waals surface area contributed by atoms with Gasteiger partial charge in [0.1, 0.15) is 18.3 Å². The number of anilines is 1. The number of hydrogen-bond acceptors (Lipinski definition) is 5. The molecule has 0 radical (unpaired) electrons. The highest BCUT2D eigenvalue weighted by Crippen LogP contribution is 2.24. The molecule has 2 aromatic rings. The van der Waals surface area contributed by atoms with Crippen LogP contribution in [0.1, 0.15) is 39.2 Å². The lowest BCUT2D eigenvalue weighted by Crippen LogP contribution is -2.53. The van der Waals surface area contributed by atoms with Gasteiger partial charge in [-0.3, -0.25) is 13.9 Å². The Balaban J connectivity index is 2.42. The molecule has 2 atom stereocenters. The van der Waals surface area contributed by atoms with Crippen molar-refractivity contribution < 1.29 is 22.7 Å². The fourth-order valence-corrected chi connectivity index (χ4v) is 4.36. The fraction of sp³-hybridized carbons (Fsp3) is 0.440. The molecule has 0 spiro atoms. The van der Waals surface area contributed by atoms with Gasteiger partial charge in [-0.25, -0.2) is 8.42 Å². The van der Waals surface area contributed by atoms with E-state index in [0.29, 0.717) is 17.9 Å². The summed E-state index contributed by atoms with van der Waals surface area (Å²) in [6, 6.07) is 15.1. The Hall–Kier alpha value is -3.07. The second-order valence-electron chi connectivity index (χ2n) is 8.22. The molecule has 0 saturated heterocycles. The standard InChI is InChI=1S/C25H35N3O5S/c1-6-19(3)26-25(30)23(7-2)27(17-20-12-9-8-10-13-20)24(29)18-28(34(5,31)32)21-14-11-15-22(16-21)33-4/h8-16,19,23H,6-7,17-18H2,1-5H3,(H,26,30)/t19-,23-/m1/s1. The van der Waals surface area contributed by atoms with Crippen molar-refractivity contribution in [3.05, 3.63) is 60.2 Å². The second-order valence-corrected chi connectivity index (χ2v) is 10.1. The highest BCUT2D eigenvalue weighted by Gasteiger charge is 2.32. The summed E-state index contributed by atoms with van der Waals surface area (Å²) in [5, 5.41) is 2.95. The maximum Gasteiger partial charge on any atom is 0.244 e. The SMILES string of the molecule is CC[C@@H](C)NC(=O)[C@@H](CC)N(Cc1ccccc1)C(=O)CN(c1cccc(OC)c1)S(C)(=O)=O. The van der Waals surface area contributed by atoms with Crippen LogP contribution in [-0.2, 0) is 26.2 Å². The first-order valence-electron chi connectivity index (χ1n) is 11.4. The lowest BCUT2D eigenvalue weighted by molar-refractivity contribution is -0.140. The molecule has 186 valence electrons. The largest absolute Gasteiger partial charge is 0.497 e. The molecule has 2 rings (SSSR count). The second kappa shape index (κ2) is 12.4. The van der Waals surface area contributed by atoms with Crippen LogP contribution in [0.4, 0.5) is 5.69 Å². The van der Waals surface area contributed by atoms with Crippen molar-refractivity contribution in [1.82, 2.24) is 10.2 Å². The third-order valence-electron chi connectivity index (χ3n) is 5.60. The monoisotopic (exact) mass is 489 g/mol. The minimum atomic E-state index is -3.79. The first-order valence-corrected chi connectivity index (χ1v) is 13.2. The van der Waals surface area contributed by atoms with Gasteiger partial charge in [-0.15, -0.1) is 0 Å². The van der Waals surface area contributed by atoms with Crippen molar-refractivity contribution in [2.75, 3.05) is 24.2 Å². The molecule has 0 aliphatic rings. The zero-order valence-electron chi connectivity index (χ0n) is 20.5. The number of nitrogens with zero attached hydrogens (tertiary/aromatic N) is 2. The van der Waals surface area contributed by atoms with E-state index in [4.69, 9.17) is 4.74 Å². The minimum Gasteiger partial charge on any atom is -0.497 e. The molecule has 0 unspecified atom stereocenters. The van der Waals surface area contributed by atoms with Gasteiger partial charge in [-0.2, -0.15) is 0 Å². The van der Waals surface area contributed by atoms with Crippen LogP contribution < -0.4 is 14.4 Å². The summed E-state index contributed by atoms with van der Waals surface area (Å²) in [5.41, 5.74) is 1.16. The summed E-state index contributed by atoms with van der Waals surface area (Å²) >= 11 is 0. The third kappa shape index (κ3) is 7.48. The first-order chi connectivity index (χ1) is 16.1. The predicted octanol–water partition coefficient (Wildman–Crippen LogP) is 3.18. The van der Waals surface area contributed by atoms with Gasteiger partial charge in [0.15, 0.2) is 0 Å². The topological polar surface area (TPSA) is 96.0 Å². The Morgan fingerprint density at radius 2 is 1.71 bits per heavy atom. The summed E-state index contributed by atoms with van der Waals surface area (Å²) in [4.78, 5) is 28.1. The van der Waals surface area contributed by atoms with E-state index >= 15 is 0 Å². The number of methoxy groups -OCH3 is 1. The molecule has 0 heterocycles. The minimum absolute atomic E-state index is 0.0421. The number of sulfonamides is 1. The molecule has 34 heavy (non-hydrogen) atoms. The summed E-state index contributed by atoms with van der Waals surface area (Å²) in [5.74, 6) is -0.254. The van der Waals surface area contributed by atoms with Crippen LogP contribution in [-0.4, -0.2) is 57.1 Å². The Kier molecular flexibility index (Phi) is 9.92. The van der Waals surface area contributed by atoms with Crippen LogP contribution in [0.15, 0.2) is 54.6 Å². The van der Waals surface area contributed by atoms with Crippen molar-refractivity contribution in [3.63, 3.8) is 0 Å². The van der Waals surface area contributed by atoms with E-state index in [-0.39, 0.29) is 18.5 Å². The summed E-state index contributed by atoms with van der Waals surface area (Å²) in [6.07, 6.45) is 2.19. The van der Waals surface area contributed by atoms with E-state index in [9.17, 15) is 18.0 Å². The van der Waals surface area contributed by atoms with E-state index in [2.05, 4.69) is 5.32 Å². The highest BCUT2D eigenvalue weighted by atomic mass is 32.2. The van der Waals surface area contributed by atoms with Gasteiger partial charge in [0.25, 0.3) is 0 Å². The first kappa shape index (κ1) is 27.2. The Bertz CT molecular complexity index is 1060.